The molecule has 3 nitrogen and oxygen atoms in total. The number of rotatable bonds is 2. The van der Waals surface area contributed by atoms with E-state index in [-0.39, 0.29) is 11.6 Å². The predicted molar refractivity (Wildman–Crippen MR) is 46.4 cm³/mol. The molecule has 0 aliphatic carbocycles. The van der Waals surface area contributed by atoms with Crippen LogP contribution in [0.15, 0.2) is 12.3 Å². The molecule has 0 saturated heterocycles. The molecule has 0 bridgehead atoms. The maximum absolute atomic E-state index is 12.8. The van der Waals surface area contributed by atoms with E-state index in [1.54, 1.807) is 0 Å². The minimum atomic E-state index is -0.618. The molecule has 0 aliphatic rings. The third-order valence-corrected chi connectivity index (χ3v) is 1.83. The minimum Gasteiger partial charge on any atom is -0.323 e. The van der Waals surface area contributed by atoms with Crippen molar-refractivity contribution in [3.8, 4) is 6.07 Å². The molecule has 1 aromatic heterocycles. The third-order valence-electron chi connectivity index (χ3n) is 1.56. The standard InChI is InChI=1S/C8H7ClFN3/c9-8-6(10)3-5(4-13-8)7(12)1-2-11/h3-4,7H,1,12H2/t7-/m1/s1. The number of pyridine rings is 1. The van der Waals surface area contributed by atoms with Crippen LogP contribution in [0.2, 0.25) is 5.15 Å². The van der Waals surface area contributed by atoms with Gasteiger partial charge in [-0.15, -0.1) is 0 Å². The molecule has 68 valence electrons. The van der Waals surface area contributed by atoms with Gasteiger partial charge in [-0.2, -0.15) is 5.26 Å². The molecule has 0 aromatic carbocycles. The Bertz CT molecular complexity index is 348. The molecule has 1 atom stereocenters. The summed E-state index contributed by atoms with van der Waals surface area (Å²) in [5.41, 5.74) is 6.03. The average Bonchev–Trinajstić information content (AvgIpc) is 2.10. The maximum Gasteiger partial charge on any atom is 0.164 e. The highest BCUT2D eigenvalue weighted by Gasteiger charge is 2.08. The molecule has 0 radical (unpaired) electrons. The van der Waals surface area contributed by atoms with Crippen molar-refractivity contribution >= 4 is 11.6 Å². The summed E-state index contributed by atoms with van der Waals surface area (Å²) in [7, 11) is 0. The average molecular weight is 200 g/mol. The lowest BCUT2D eigenvalue weighted by Crippen LogP contribution is -2.10. The van der Waals surface area contributed by atoms with Crippen LogP contribution in [-0.4, -0.2) is 4.98 Å². The van der Waals surface area contributed by atoms with Gasteiger partial charge in [-0.25, -0.2) is 9.37 Å². The van der Waals surface area contributed by atoms with Gasteiger partial charge in [0, 0.05) is 12.2 Å². The van der Waals surface area contributed by atoms with E-state index in [2.05, 4.69) is 4.98 Å². The minimum absolute atomic E-state index is 0.128. The SMILES string of the molecule is N#CC[C@@H](N)c1cnc(Cl)c(F)c1. The summed E-state index contributed by atoms with van der Waals surface area (Å²) in [6, 6.07) is 2.57. The van der Waals surface area contributed by atoms with E-state index in [1.807, 2.05) is 6.07 Å². The monoisotopic (exact) mass is 199 g/mol. The molecule has 1 aromatic rings. The lowest BCUT2D eigenvalue weighted by molar-refractivity contribution is 0.613. The van der Waals surface area contributed by atoms with Gasteiger partial charge in [0.1, 0.15) is 0 Å². The van der Waals surface area contributed by atoms with Crippen LogP contribution in [-0.2, 0) is 0 Å². The van der Waals surface area contributed by atoms with Gasteiger partial charge >= 0.3 is 0 Å². The maximum atomic E-state index is 12.8. The van der Waals surface area contributed by atoms with Gasteiger partial charge in [-0.1, -0.05) is 11.6 Å². The second-order valence-electron chi connectivity index (χ2n) is 2.51. The zero-order valence-electron chi connectivity index (χ0n) is 6.67. The molecule has 0 spiro atoms. The lowest BCUT2D eigenvalue weighted by Gasteiger charge is -2.06. The van der Waals surface area contributed by atoms with Crippen molar-refractivity contribution in [1.29, 1.82) is 5.26 Å². The van der Waals surface area contributed by atoms with Crippen molar-refractivity contribution in [2.75, 3.05) is 0 Å². The summed E-state index contributed by atoms with van der Waals surface area (Å²) in [6.07, 6.45) is 1.50. The Morgan fingerprint density at radius 1 is 1.77 bits per heavy atom. The zero-order chi connectivity index (χ0) is 9.84. The van der Waals surface area contributed by atoms with Gasteiger partial charge in [0.2, 0.25) is 0 Å². The van der Waals surface area contributed by atoms with Crippen LogP contribution in [0.1, 0.15) is 18.0 Å². The molecule has 2 N–H and O–H groups in total. The molecule has 5 heteroatoms. The van der Waals surface area contributed by atoms with Crippen LogP contribution in [0.4, 0.5) is 4.39 Å². The molecule has 0 aliphatic heterocycles. The predicted octanol–water partition coefficient (Wildman–Crippen LogP) is 1.79. The van der Waals surface area contributed by atoms with Crippen LogP contribution >= 0.6 is 11.6 Å². The summed E-state index contributed by atoms with van der Waals surface area (Å²) in [6.45, 7) is 0. The number of nitrogens with two attached hydrogens (primary N) is 1. The van der Waals surface area contributed by atoms with E-state index in [0.29, 0.717) is 5.56 Å². The Hall–Kier alpha value is -1.18. The first-order chi connectivity index (χ1) is 6.15. The first-order valence-corrected chi connectivity index (χ1v) is 3.96. The quantitative estimate of drug-likeness (QED) is 0.739. The van der Waals surface area contributed by atoms with E-state index in [1.165, 1.54) is 12.3 Å². The first-order valence-electron chi connectivity index (χ1n) is 3.58. The molecule has 0 amide bonds. The van der Waals surface area contributed by atoms with E-state index < -0.39 is 11.9 Å². The molecular formula is C8H7ClFN3. The largest absolute Gasteiger partial charge is 0.323 e. The molecule has 0 fully saturated rings. The fourth-order valence-corrected chi connectivity index (χ4v) is 0.958. The van der Waals surface area contributed by atoms with Gasteiger partial charge in [0.15, 0.2) is 11.0 Å². The highest BCUT2D eigenvalue weighted by Crippen LogP contribution is 2.17. The number of hydrogen-bond donors (Lipinski definition) is 1. The molecule has 0 saturated carbocycles. The molecular weight excluding hydrogens is 193 g/mol. The van der Waals surface area contributed by atoms with Crippen LogP contribution in [0.25, 0.3) is 0 Å². The van der Waals surface area contributed by atoms with Gasteiger partial charge in [0.05, 0.1) is 12.5 Å². The van der Waals surface area contributed by atoms with Gasteiger partial charge < -0.3 is 5.73 Å². The van der Waals surface area contributed by atoms with Crippen LogP contribution in [0.3, 0.4) is 0 Å². The fourth-order valence-electron chi connectivity index (χ4n) is 0.855. The third kappa shape index (κ3) is 2.38. The molecule has 13 heavy (non-hydrogen) atoms. The second-order valence-corrected chi connectivity index (χ2v) is 2.87. The topological polar surface area (TPSA) is 62.7 Å². The van der Waals surface area contributed by atoms with Gasteiger partial charge in [0.25, 0.3) is 0 Å². The van der Waals surface area contributed by atoms with Crippen molar-refractivity contribution in [3.05, 3.63) is 28.8 Å². The fraction of sp³-hybridized carbons (Fsp3) is 0.250. The van der Waals surface area contributed by atoms with Crippen molar-refractivity contribution in [2.45, 2.75) is 12.5 Å². The summed E-state index contributed by atoms with van der Waals surface area (Å²) in [5, 5.41) is 8.16. The zero-order valence-corrected chi connectivity index (χ0v) is 7.42. The van der Waals surface area contributed by atoms with Crippen LogP contribution in [0.5, 0.6) is 0 Å². The van der Waals surface area contributed by atoms with Gasteiger partial charge in [-0.3, -0.25) is 0 Å². The Balaban J connectivity index is 2.91. The Morgan fingerprint density at radius 3 is 3.00 bits per heavy atom. The number of halogens is 2. The lowest BCUT2D eigenvalue weighted by atomic mass is 10.1. The van der Waals surface area contributed by atoms with E-state index in [0.717, 1.165) is 0 Å². The van der Waals surface area contributed by atoms with E-state index in [9.17, 15) is 4.39 Å². The summed E-state index contributed by atoms with van der Waals surface area (Å²) in [5.74, 6) is -0.618. The van der Waals surface area contributed by atoms with Crippen molar-refractivity contribution in [2.24, 2.45) is 5.73 Å². The Morgan fingerprint density at radius 2 is 2.46 bits per heavy atom. The van der Waals surface area contributed by atoms with Crippen molar-refractivity contribution in [1.82, 2.24) is 4.98 Å². The van der Waals surface area contributed by atoms with Crippen LogP contribution in [0, 0.1) is 17.1 Å². The number of nitriles is 1. The van der Waals surface area contributed by atoms with Crippen molar-refractivity contribution in [3.63, 3.8) is 0 Å². The van der Waals surface area contributed by atoms with E-state index >= 15 is 0 Å². The smallest absolute Gasteiger partial charge is 0.164 e. The Labute approximate surface area is 79.9 Å². The first kappa shape index (κ1) is 9.90. The highest BCUT2D eigenvalue weighted by molar-refractivity contribution is 6.29. The van der Waals surface area contributed by atoms with E-state index in [4.69, 9.17) is 22.6 Å². The second kappa shape index (κ2) is 4.17. The molecule has 0 unspecified atom stereocenters. The Kier molecular flexibility index (Phi) is 3.18. The van der Waals surface area contributed by atoms with Crippen LogP contribution < -0.4 is 5.73 Å². The summed E-state index contributed by atoms with van der Waals surface area (Å²) < 4.78 is 12.8. The highest BCUT2D eigenvalue weighted by atomic mass is 35.5. The number of hydrogen-bond acceptors (Lipinski definition) is 3. The molecule has 1 rings (SSSR count). The molecule has 1 heterocycles. The summed E-state index contributed by atoms with van der Waals surface area (Å²) >= 11 is 5.37. The van der Waals surface area contributed by atoms with Crippen molar-refractivity contribution < 1.29 is 4.39 Å². The summed E-state index contributed by atoms with van der Waals surface area (Å²) in [4.78, 5) is 3.58. The number of aromatic nitrogens is 1. The van der Waals surface area contributed by atoms with Gasteiger partial charge in [-0.05, 0) is 11.6 Å². The number of nitrogens with zero attached hydrogens (tertiary/aromatic N) is 2. The normalized spacial score (nSPS) is 12.2.